The van der Waals surface area contributed by atoms with Gasteiger partial charge in [-0.3, -0.25) is 4.90 Å². The number of hydrogen-bond acceptors (Lipinski definition) is 4. The van der Waals surface area contributed by atoms with Crippen LogP contribution in [0.1, 0.15) is 13.8 Å². The normalized spacial score (nSPS) is 33.2. The standard InChI is InChI=1S/C9H20N2O2/c1-7(12)4-11-5-8(2)13-9(3-10)6-11/h7-9,12H,3-6,10H2,1-2H3. The molecule has 4 heteroatoms. The molecule has 4 nitrogen and oxygen atoms in total. The minimum absolute atomic E-state index is 0.127. The largest absolute Gasteiger partial charge is 0.392 e. The number of hydrogen-bond donors (Lipinski definition) is 2. The molecule has 0 aliphatic carbocycles. The van der Waals surface area contributed by atoms with Crippen molar-refractivity contribution in [2.45, 2.75) is 32.2 Å². The van der Waals surface area contributed by atoms with E-state index in [4.69, 9.17) is 10.5 Å². The van der Waals surface area contributed by atoms with Gasteiger partial charge in [0.2, 0.25) is 0 Å². The summed E-state index contributed by atoms with van der Waals surface area (Å²) in [4.78, 5) is 2.20. The van der Waals surface area contributed by atoms with Gasteiger partial charge in [-0.15, -0.1) is 0 Å². The van der Waals surface area contributed by atoms with Crippen LogP contribution in [0.25, 0.3) is 0 Å². The fourth-order valence-corrected chi connectivity index (χ4v) is 1.79. The molecule has 1 rings (SSSR count). The highest BCUT2D eigenvalue weighted by Crippen LogP contribution is 2.10. The molecule has 1 aliphatic rings. The zero-order chi connectivity index (χ0) is 9.84. The van der Waals surface area contributed by atoms with Crippen molar-refractivity contribution >= 4 is 0 Å². The van der Waals surface area contributed by atoms with E-state index in [0.29, 0.717) is 13.1 Å². The van der Waals surface area contributed by atoms with Crippen LogP contribution >= 0.6 is 0 Å². The average molecular weight is 188 g/mol. The van der Waals surface area contributed by atoms with E-state index in [1.165, 1.54) is 0 Å². The molecule has 13 heavy (non-hydrogen) atoms. The summed E-state index contributed by atoms with van der Waals surface area (Å²) in [5, 5.41) is 9.24. The predicted octanol–water partition coefficient (Wildman–Crippen LogP) is -0.585. The number of rotatable bonds is 3. The number of nitrogens with zero attached hydrogens (tertiary/aromatic N) is 1. The maximum absolute atomic E-state index is 9.24. The third-order valence-electron chi connectivity index (χ3n) is 2.19. The Labute approximate surface area is 79.7 Å². The molecule has 0 radical (unpaired) electrons. The van der Waals surface area contributed by atoms with Crippen LogP contribution in [0.3, 0.4) is 0 Å². The van der Waals surface area contributed by atoms with Crippen LogP contribution in [-0.2, 0) is 4.74 Å². The maximum atomic E-state index is 9.24. The van der Waals surface area contributed by atoms with Crippen molar-refractivity contribution in [1.82, 2.24) is 4.90 Å². The van der Waals surface area contributed by atoms with Crippen LogP contribution in [0, 0.1) is 0 Å². The molecule has 3 atom stereocenters. The molecule has 1 aliphatic heterocycles. The van der Waals surface area contributed by atoms with Crippen LogP contribution in [0.2, 0.25) is 0 Å². The highest BCUT2D eigenvalue weighted by atomic mass is 16.5. The minimum Gasteiger partial charge on any atom is -0.392 e. The summed E-state index contributed by atoms with van der Waals surface area (Å²) in [7, 11) is 0. The van der Waals surface area contributed by atoms with Gasteiger partial charge >= 0.3 is 0 Å². The SMILES string of the molecule is CC(O)CN1CC(C)OC(CN)C1. The van der Waals surface area contributed by atoms with Crippen molar-refractivity contribution < 1.29 is 9.84 Å². The lowest BCUT2D eigenvalue weighted by molar-refractivity contribution is -0.0790. The van der Waals surface area contributed by atoms with Crippen molar-refractivity contribution in [3.05, 3.63) is 0 Å². The van der Waals surface area contributed by atoms with Crippen LogP contribution in [0.4, 0.5) is 0 Å². The predicted molar refractivity (Wildman–Crippen MR) is 51.5 cm³/mol. The Kier molecular flexibility index (Phi) is 4.12. The Hall–Kier alpha value is -0.160. The number of aliphatic hydroxyl groups excluding tert-OH is 1. The zero-order valence-corrected chi connectivity index (χ0v) is 8.44. The van der Waals surface area contributed by atoms with Crippen molar-refractivity contribution in [3.63, 3.8) is 0 Å². The smallest absolute Gasteiger partial charge is 0.0828 e. The van der Waals surface area contributed by atoms with E-state index >= 15 is 0 Å². The third kappa shape index (κ3) is 3.60. The second-order valence-electron chi connectivity index (χ2n) is 3.87. The van der Waals surface area contributed by atoms with E-state index in [0.717, 1.165) is 13.1 Å². The Morgan fingerprint density at radius 3 is 2.85 bits per heavy atom. The Morgan fingerprint density at radius 2 is 2.31 bits per heavy atom. The number of ether oxygens (including phenoxy) is 1. The molecule has 0 aromatic rings. The number of morpholine rings is 1. The van der Waals surface area contributed by atoms with E-state index in [-0.39, 0.29) is 18.3 Å². The van der Waals surface area contributed by atoms with Crippen molar-refractivity contribution in [1.29, 1.82) is 0 Å². The zero-order valence-electron chi connectivity index (χ0n) is 8.44. The summed E-state index contributed by atoms with van der Waals surface area (Å²) in [6.45, 7) is 6.84. The molecular formula is C9H20N2O2. The molecule has 0 bridgehead atoms. The molecule has 78 valence electrons. The molecule has 1 fully saturated rings. The number of β-amino-alcohol motifs (C(OH)–C–C–N with tert-alkyl or cyclic N) is 1. The topological polar surface area (TPSA) is 58.7 Å². The second kappa shape index (κ2) is 4.91. The summed E-state index contributed by atoms with van der Waals surface area (Å²) in [5.74, 6) is 0. The lowest BCUT2D eigenvalue weighted by Gasteiger charge is -2.36. The van der Waals surface area contributed by atoms with Crippen molar-refractivity contribution in [3.8, 4) is 0 Å². The van der Waals surface area contributed by atoms with Crippen molar-refractivity contribution in [2.75, 3.05) is 26.2 Å². The van der Waals surface area contributed by atoms with Crippen LogP contribution in [0.5, 0.6) is 0 Å². The maximum Gasteiger partial charge on any atom is 0.0828 e. The lowest BCUT2D eigenvalue weighted by Crippen LogP contribution is -2.50. The van der Waals surface area contributed by atoms with E-state index in [1.54, 1.807) is 6.92 Å². The average Bonchev–Trinajstić information content (AvgIpc) is 2.01. The van der Waals surface area contributed by atoms with Crippen LogP contribution in [-0.4, -0.2) is 54.5 Å². The molecule has 0 saturated carbocycles. The minimum atomic E-state index is -0.274. The molecule has 1 heterocycles. The summed E-state index contributed by atoms with van der Waals surface area (Å²) in [6, 6.07) is 0. The van der Waals surface area contributed by atoms with Gasteiger partial charge in [0.05, 0.1) is 18.3 Å². The van der Waals surface area contributed by atoms with Gasteiger partial charge in [-0.25, -0.2) is 0 Å². The van der Waals surface area contributed by atoms with Crippen molar-refractivity contribution in [2.24, 2.45) is 5.73 Å². The highest BCUT2D eigenvalue weighted by molar-refractivity contribution is 4.77. The monoisotopic (exact) mass is 188 g/mol. The Balaban J connectivity index is 2.37. The second-order valence-corrected chi connectivity index (χ2v) is 3.87. The Bertz CT molecular complexity index is 151. The first kappa shape index (κ1) is 10.9. The fraction of sp³-hybridized carbons (Fsp3) is 1.00. The van der Waals surface area contributed by atoms with Gasteiger partial charge in [0.25, 0.3) is 0 Å². The first-order valence-corrected chi connectivity index (χ1v) is 4.87. The molecule has 0 amide bonds. The van der Waals surface area contributed by atoms with Gasteiger partial charge in [0, 0.05) is 26.2 Å². The molecule has 1 saturated heterocycles. The fourth-order valence-electron chi connectivity index (χ4n) is 1.79. The van der Waals surface area contributed by atoms with Gasteiger partial charge in [-0.2, -0.15) is 0 Å². The highest BCUT2D eigenvalue weighted by Gasteiger charge is 2.24. The number of nitrogens with two attached hydrogens (primary N) is 1. The van der Waals surface area contributed by atoms with E-state index in [9.17, 15) is 5.11 Å². The Morgan fingerprint density at radius 1 is 1.62 bits per heavy atom. The van der Waals surface area contributed by atoms with E-state index in [2.05, 4.69) is 4.90 Å². The van der Waals surface area contributed by atoms with Gasteiger partial charge in [0.15, 0.2) is 0 Å². The number of aliphatic hydroxyl groups is 1. The molecule has 0 aromatic heterocycles. The molecule has 0 aromatic carbocycles. The van der Waals surface area contributed by atoms with Crippen LogP contribution < -0.4 is 5.73 Å². The van der Waals surface area contributed by atoms with Gasteiger partial charge in [0.1, 0.15) is 0 Å². The van der Waals surface area contributed by atoms with E-state index < -0.39 is 0 Å². The lowest BCUT2D eigenvalue weighted by atomic mass is 10.2. The van der Waals surface area contributed by atoms with Gasteiger partial charge in [-0.1, -0.05) is 0 Å². The van der Waals surface area contributed by atoms with E-state index in [1.807, 2.05) is 6.92 Å². The quantitative estimate of drug-likeness (QED) is 0.622. The third-order valence-corrected chi connectivity index (χ3v) is 2.19. The first-order valence-electron chi connectivity index (χ1n) is 4.87. The molecule has 0 spiro atoms. The van der Waals surface area contributed by atoms with Gasteiger partial charge in [-0.05, 0) is 13.8 Å². The summed E-state index contributed by atoms with van der Waals surface area (Å²) in [5.41, 5.74) is 5.54. The molecular weight excluding hydrogens is 168 g/mol. The summed E-state index contributed by atoms with van der Waals surface area (Å²) < 4.78 is 5.60. The summed E-state index contributed by atoms with van der Waals surface area (Å²) >= 11 is 0. The van der Waals surface area contributed by atoms with Gasteiger partial charge < -0.3 is 15.6 Å². The summed E-state index contributed by atoms with van der Waals surface area (Å²) in [6.07, 6.45) is 0.0762. The molecule has 3 N–H and O–H groups in total. The van der Waals surface area contributed by atoms with Crippen LogP contribution in [0.15, 0.2) is 0 Å². The molecule has 3 unspecified atom stereocenters. The first-order chi connectivity index (χ1) is 6.11.